The molecule has 7 nitrogen and oxygen atoms in total. The van der Waals surface area contributed by atoms with E-state index in [0.717, 1.165) is 25.0 Å². The molecule has 2 aromatic rings. The second-order valence-electron chi connectivity index (χ2n) is 7.73. The highest BCUT2D eigenvalue weighted by atomic mass is 32.2. The maximum absolute atomic E-state index is 13.2. The van der Waals surface area contributed by atoms with Crippen molar-refractivity contribution in [3.8, 4) is 0 Å². The van der Waals surface area contributed by atoms with Gasteiger partial charge in [-0.05, 0) is 49.6 Å². The summed E-state index contributed by atoms with van der Waals surface area (Å²) < 4.78 is 66.6. The third-order valence-corrected chi connectivity index (χ3v) is 6.82. The van der Waals surface area contributed by atoms with E-state index in [1.165, 1.54) is 13.0 Å². The second-order valence-corrected chi connectivity index (χ2v) is 9.41. The fourth-order valence-corrected chi connectivity index (χ4v) is 4.97. The third-order valence-electron chi connectivity index (χ3n) is 5.22. The van der Waals surface area contributed by atoms with Crippen LogP contribution in [0.25, 0.3) is 0 Å². The van der Waals surface area contributed by atoms with Gasteiger partial charge in [0.05, 0.1) is 16.5 Å². The summed E-state index contributed by atoms with van der Waals surface area (Å²) in [7, 11) is -4.60. The molecule has 2 N–H and O–H groups in total. The standard InChI is InChI=1S/C22H24F3N3O4S/c1-15(27-33(31,32)19-10-3-2-9-18(19)22(23,24)25)21(30)26-14-16-7-6-8-17(13-16)28-12-5-4-11-20(28)29/h2-3,6-10,13,15,27H,4-5,11-12,14H2,1H3,(H,26,30)/t15-/m0/s1. The third kappa shape index (κ3) is 6.11. The number of carbonyl (C=O) groups is 2. The molecule has 2 aromatic carbocycles. The van der Waals surface area contributed by atoms with E-state index in [2.05, 4.69) is 5.32 Å². The quantitative estimate of drug-likeness (QED) is 0.632. The zero-order chi connectivity index (χ0) is 24.2. The zero-order valence-corrected chi connectivity index (χ0v) is 18.7. The molecule has 33 heavy (non-hydrogen) atoms. The molecule has 3 rings (SSSR count). The number of sulfonamides is 1. The summed E-state index contributed by atoms with van der Waals surface area (Å²) in [6.07, 6.45) is -2.62. The molecular formula is C22H24F3N3O4S. The average Bonchev–Trinajstić information content (AvgIpc) is 2.77. The van der Waals surface area contributed by atoms with Crippen LogP contribution in [0.15, 0.2) is 53.4 Å². The summed E-state index contributed by atoms with van der Waals surface area (Å²) in [5.41, 5.74) is 0.0924. The van der Waals surface area contributed by atoms with Crippen LogP contribution in [-0.2, 0) is 32.3 Å². The minimum absolute atomic E-state index is 0.0320. The normalized spacial score (nSPS) is 15.9. The first kappa shape index (κ1) is 24.7. The van der Waals surface area contributed by atoms with E-state index in [4.69, 9.17) is 0 Å². The van der Waals surface area contributed by atoms with E-state index < -0.39 is 38.6 Å². The molecule has 1 atom stereocenters. The van der Waals surface area contributed by atoms with Gasteiger partial charge in [-0.1, -0.05) is 24.3 Å². The summed E-state index contributed by atoms with van der Waals surface area (Å²) in [5.74, 6) is -0.674. The van der Waals surface area contributed by atoms with Crippen molar-refractivity contribution in [2.75, 3.05) is 11.4 Å². The van der Waals surface area contributed by atoms with Gasteiger partial charge in [0, 0.05) is 25.2 Å². The molecule has 1 saturated heterocycles. The van der Waals surface area contributed by atoms with Crippen LogP contribution in [0.4, 0.5) is 18.9 Å². The van der Waals surface area contributed by atoms with Gasteiger partial charge in [0.1, 0.15) is 0 Å². The highest BCUT2D eigenvalue weighted by Gasteiger charge is 2.37. The SMILES string of the molecule is C[C@H](NS(=O)(=O)c1ccccc1C(F)(F)F)C(=O)NCc1cccc(N2CCCCC2=O)c1. The molecule has 178 valence electrons. The molecule has 1 heterocycles. The largest absolute Gasteiger partial charge is 0.417 e. The van der Waals surface area contributed by atoms with Gasteiger partial charge in [-0.25, -0.2) is 8.42 Å². The van der Waals surface area contributed by atoms with E-state index in [-0.39, 0.29) is 12.5 Å². The lowest BCUT2D eigenvalue weighted by molar-refractivity contribution is -0.139. The van der Waals surface area contributed by atoms with Gasteiger partial charge in [0.15, 0.2) is 0 Å². The number of nitrogens with one attached hydrogen (secondary N) is 2. The minimum Gasteiger partial charge on any atom is -0.351 e. The fourth-order valence-electron chi connectivity index (χ4n) is 3.54. The monoisotopic (exact) mass is 483 g/mol. The Bertz CT molecular complexity index is 1140. The number of rotatable bonds is 7. The predicted molar refractivity (Wildman–Crippen MR) is 116 cm³/mol. The Kier molecular flexibility index (Phi) is 7.43. The number of hydrogen-bond donors (Lipinski definition) is 2. The number of hydrogen-bond acceptors (Lipinski definition) is 4. The fraction of sp³-hybridized carbons (Fsp3) is 0.364. The molecule has 2 amide bonds. The van der Waals surface area contributed by atoms with Crippen molar-refractivity contribution >= 4 is 27.5 Å². The average molecular weight is 484 g/mol. The van der Waals surface area contributed by atoms with Gasteiger partial charge < -0.3 is 10.2 Å². The van der Waals surface area contributed by atoms with Gasteiger partial charge in [-0.2, -0.15) is 17.9 Å². The van der Waals surface area contributed by atoms with E-state index in [1.54, 1.807) is 29.2 Å². The molecule has 1 aliphatic heterocycles. The Morgan fingerprint density at radius 1 is 1.12 bits per heavy atom. The molecule has 0 spiro atoms. The van der Waals surface area contributed by atoms with Crippen molar-refractivity contribution in [3.05, 3.63) is 59.7 Å². The topological polar surface area (TPSA) is 95.6 Å². The van der Waals surface area contributed by atoms with Crippen LogP contribution in [0.1, 0.15) is 37.3 Å². The first-order valence-corrected chi connectivity index (χ1v) is 11.8. The number of amides is 2. The lowest BCUT2D eigenvalue weighted by Gasteiger charge is -2.27. The van der Waals surface area contributed by atoms with Crippen LogP contribution in [0, 0.1) is 0 Å². The van der Waals surface area contributed by atoms with Crippen LogP contribution < -0.4 is 14.9 Å². The van der Waals surface area contributed by atoms with Crippen molar-refractivity contribution in [2.24, 2.45) is 0 Å². The highest BCUT2D eigenvalue weighted by molar-refractivity contribution is 7.89. The van der Waals surface area contributed by atoms with Crippen molar-refractivity contribution in [2.45, 2.75) is 49.8 Å². The molecule has 0 unspecified atom stereocenters. The van der Waals surface area contributed by atoms with Crippen molar-refractivity contribution < 1.29 is 31.2 Å². The van der Waals surface area contributed by atoms with Crippen molar-refractivity contribution in [3.63, 3.8) is 0 Å². The van der Waals surface area contributed by atoms with Crippen LogP contribution >= 0.6 is 0 Å². The molecule has 0 bridgehead atoms. The van der Waals surface area contributed by atoms with Crippen LogP contribution in [0.2, 0.25) is 0 Å². The molecule has 1 aliphatic rings. The van der Waals surface area contributed by atoms with Gasteiger partial charge in [0.25, 0.3) is 0 Å². The van der Waals surface area contributed by atoms with Gasteiger partial charge in [0.2, 0.25) is 21.8 Å². The summed E-state index contributed by atoms with van der Waals surface area (Å²) in [4.78, 5) is 25.3. The summed E-state index contributed by atoms with van der Waals surface area (Å²) in [6.45, 7) is 1.92. The van der Waals surface area contributed by atoms with Gasteiger partial charge in [-0.15, -0.1) is 0 Å². The van der Waals surface area contributed by atoms with E-state index in [1.807, 2.05) is 4.72 Å². The van der Waals surface area contributed by atoms with Crippen LogP contribution in [0.3, 0.4) is 0 Å². The van der Waals surface area contributed by atoms with Gasteiger partial charge >= 0.3 is 6.18 Å². The van der Waals surface area contributed by atoms with Crippen LogP contribution in [-0.4, -0.2) is 32.8 Å². The Labute approximate surface area is 190 Å². The molecule has 0 saturated carbocycles. The van der Waals surface area contributed by atoms with Crippen LogP contribution in [0.5, 0.6) is 0 Å². The molecule has 0 aromatic heterocycles. The highest BCUT2D eigenvalue weighted by Crippen LogP contribution is 2.34. The van der Waals surface area contributed by atoms with Gasteiger partial charge in [-0.3, -0.25) is 9.59 Å². The lowest BCUT2D eigenvalue weighted by atomic mass is 10.1. The summed E-state index contributed by atoms with van der Waals surface area (Å²) in [5, 5.41) is 2.57. The van der Waals surface area contributed by atoms with E-state index in [9.17, 15) is 31.2 Å². The number of nitrogens with zero attached hydrogens (tertiary/aromatic N) is 1. The van der Waals surface area contributed by atoms with E-state index in [0.29, 0.717) is 30.3 Å². The first-order valence-electron chi connectivity index (χ1n) is 10.3. The Balaban J connectivity index is 1.65. The maximum Gasteiger partial charge on any atom is 0.417 e. The molecule has 11 heteroatoms. The number of alkyl halides is 3. The number of anilines is 1. The number of carbonyl (C=O) groups excluding carboxylic acids is 2. The summed E-state index contributed by atoms with van der Waals surface area (Å²) >= 11 is 0. The maximum atomic E-state index is 13.2. The van der Waals surface area contributed by atoms with Crippen molar-refractivity contribution in [1.82, 2.24) is 10.0 Å². The first-order chi connectivity index (χ1) is 15.5. The molecule has 0 aliphatic carbocycles. The van der Waals surface area contributed by atoms with E-state index >= 15 is 0 Å². The molecular weight excluding hydrogens is 459 g/mol. The molecule has 0 radical (unpaired) electrons. The second kappa shape index (κ2) is 9.92. The number of benzene rings is 2. The lowest BCUT2D eigenvalue weighted by Crippen LogP contribution is -2.44. The minimum atomic E-state index is -4.86. The molecule has 1 fully saturated rings. The summed E-state index contributed by atoms with van der Waals surface area (Å²) in [6, 6.07) is 9.50. The Morgan fingerprint density at radius 3 is 2.55 bits per heavy atom. The number of halogens is 3. The predicted octanol–water partition coefficient (Wildman–Crippen LogP) is 3.21. The smallest absolute Gasteiger partial charge is 0.351 e. The zero-order valence-electron chi connectivity index (χ0n) is 17.9. The Morgan fingerprint density at radius 2 is 1.85 bits per heavy atom. The van der Waals surface area contributed by atoms with Crippen molar-refractivity contribution in [1.29, 1.82) is 0 Å². The Hall–Kier alpha value is -2.92. The number of piperidine rings is 1.